The molecule has 2 rings (SSSR count). The molecule has 2 aromatic carbocycles. The molecule has 0 saturated heterocycles. The van der Waals surface area contributed by atoms with Gasteiger partial charge in [-0.3, -0.25) is 10.1 Å². The van der Waals surface area contributed by atoms with Crippen molar-refractivity contribution in [3.8, 4) is 5.75 Å². The van der Waals surface area contributed by atoms with Crippen molar-refractivity contribution in [3.05, 3.63) is 57.0 Å². The maximum Gasteiger partial charge on any atom is 0.412 e. The molecule has 0 aromatic heterocycles. The van der Waals surface area contributed by atoms with E-state index >= 15 is 0 Å². The fraction of sp³-hybridized carbons (Fsp3) is 0.300. The van der Waals surface area contributed by atoms with Gasteiger partial charge in [0.25, 0.3) is 0 Å². The van der Waals surface area contributed by atoms with Crippen LogP contribution in [0.5, 0.6) is 5.75 Å². The van der Waals surface area contributed by atoms with Crippen LogP contribution in [0.25, 0.3) is 0 Å². The number of carbonyl (C=O) groups excluding carboxylic acids is 2. The lowest BCUT2D eigenvalue weighted by molar-refractivity contribution is -0.141. The lowest BCUT2D eigenvalue weighted by Crippen LogP contribution is -2.23. The minimum absolute atomic E-state index is 0.00679. The molecule has 0 aliphatic carbocycles. The van der Waals surface area contributed by atoms with Crippen molar-refractivity contribution >= 4 is 62.2 Å². The highest BCUT2D eigenvalue weighted by molar-refractivity contribution is 9.11. The molecule has 0 spiro atoms. The van der Waals surface area contributed by atoms with Crippen molar-refractivity contribution in [3.63, 3.8) is 0 Å². The Kier molecular flexibility index (Phi) is 9.32. The lowest BCUT2D eigenvalue weighted by atomic mass is 9.94. The summed E-state index contributed by atoms with van der Waals surface area (Å²) in [6.45, 7) is 2.00. The first kappa shape index (κ1) is 23.6. The predicted molar refractivity (Wildman–Crippen MR) is 121 cm³/mol. The number of aromatic hydroxyl groups is 1. The molecular weight excluding hydrogens is 526 g/mol. The van der Waals surface area contributed by atoms with E-state index in [0.29, 0.717) is 26.6 Å². The van der Waals surface area contributed by atoms with Crippen LogP contribution < -0.4 is 5.32 Å². The van der Waals surface area contributed by atoms with E-state index in [1.54, 1.807) is 36.4 Å². The van der Waals surface area contributed by atoms with Crippen molar-refractivity contribution in [1.29, 1.82) is 0 Å². The van der Waals surface area contributed by atoms with Crippen LogP contribution >= 0.6 is 44.5 Å². The highest BCUT2D eigenvalue weighted by Gasteiger charge is 2.28. The smallest absolute Gasteiger partial charge is 0.412 e. The quantitative estimate of drug-likeness (QED) is 0.292. The number of halogens is 2. The van der Waals surface area contributed by atoms with Gasteiger partial charge in [-0.2, -0.15) is 12.6 Å². The van der Waals surface area contributed by atoms with Crippen LogP contribution in [-0.2, 0) is 14.3 Å². The van der Waals surface area contributed by atoms with Crippen molar-refractivity contribution in [2.24, 2.45) is 5.92 Å². The first-order valence-electron chi connectivity index (χ1n) is 8.79. The number of phenolic OH excluding ortho intramolecular Hbond substituents is 1. The van der Waals surface area contributed by atoms with Crippen LogP contribution in [0.15, 0.2) is 51.4 Å². The van der Waals surface area contributed by atoms with Crippen LogP contribution in [0.2, 0.25) is 0 Å². The van der Waals surface area contributed by atoms with Gasteiger partial charge < -0.3 is 14.6 Å². The van der Waals surface area contributed by atoms with Crippen LogP contribution in [0, 0.1) is 5.92 Å². The predicted octanol–water partition coefficient (Wildman–Crippen LogP) is 5.71. The van der Waals surface area contributed by atoms with Crippen LogP contribution in [0.4, 0.5) is 10.5 Å². The fourth-order valence-corrected chi connectivity index (χ4v) is 3.98. The molecule has 0 unspecified atom stereocenters. The van der Waals surface area contributed by atoms with Crippen molar-refractivity contribution < 1.29 is 24.2 Å². The molecule has 0 radical (unpaired) electrons. The summed E-state index contributed by atoms with van der Waals surface area (Å²) in [4.78, 5) is 23.8. The van der Waals surface area contributed by atoms with Gasteiger partial charge >= 0.3 is 12.1 Å². The number of para-hydroxylation sites is 1. The summed E-state index contributed by atoms with van der Waals surface area (Å²) in [7, 11) is 0. The van der Waals surface area contributed by atoms with Crippen molar-refractivity contribution in [2.45, 2.75) is 19.4 Å². The van der Waals surface area contributed by atoms with E-state index in [2.05, 4.69) is 49.8 Å². The Morgan fingerprint density at radius 3 is 2.55 bits per heavy atom. The summed E-state index contributed by atoms with van der Waals surface area (Å²) in [5.74, 6) is -0.707. The zero-order chi connectivity index (χ0) is 21.4. The number of phenols is 1. The summed E-state index contributed by atoms with van der Waals surface area (Å²) in [5.41, 5.74) is 1.02. The number of nitrogens with one attached hydrogen (secondary N) is 1. The summed E-state index contributed by atoms with van der Waals surface area (Å²) in [5, 5.41) is 13.2. The third-order valence-electron chi connectivity index (χ3n) is 4.10. The zero-order valence-corrected chi connectivity index (χ0v) is 19.7. The Morgan fingerprint density at radius 1 is 1.21 bits per heavy atom. The normalized spacial score (nSPS) is 12.7. The highest BCUT2D eigenvalue weighted by atomic mass is 79.9. The maximum absolute atomic E-state index is 12.5. The number of esters is 1. The minimum atomic E-state index is -0.776. The number of amides is 1. The number of rotatable bonds is 8. The van der Waals surface area contributed by atoms with E-state index in [0.717, 1.165) is 0 Å². The molecular formula is C20H21Br2NO5S. The Balaban J connectivity index is 2.20. The first-order chi connectivity index (χ1) is 13.8. The Hall–Kier alpha value is -1.71. The van der Waals surface area contributed by atoms with Gasteiger partial charge in [-0.05, 0) is 46.6 Å². The molecule has 2 atom stereocenters. The molecule has 6 nitrogen and oxygen atoms in total. The highest BCUT2D eigenvalue weighted by Crippen LogP contribution is 2.40. The molecule has 29 heavy (non-hydrogen) atoms. The molecule has 2 N–H and O–H groups in total. The van der Waals surface area contributed by atoms with E-state index in [1.807, 2.05) is 13.0 Å². The number of hydrogen-bond acceptors (Lipinski definition) is 6. The second-order valence-corrected chi connectivity index (χ2v) is 8.37. The second kappa shape index (κ2) is 11.5. The van der Waals surface area contributed by atoms with Crippen molar-refractivity contribution in [2.75, 3.05) is 17.7 Å². The topological polar surface area (TPSA) is 84.9 Å². The first-order valence-corrected chi connectivity index (χ1v) is 11.0. The Bertz CT molecular complexity index is 850. The average Bonchev–Trinajstić information content (AvgIpc) is 2.69. The number of anilines is 1. The SMILES string of the molecule is C[C@@H](CCOC(=O)CS)[C@@H](OC(=O)Nc1ccccc1)c1cc(Br)cc(Br)c1O. The number of ether oxygens (including phenoxy) is 2. The van der Waals surface area contributed by atoms with Crippen LogP contribution in [0.1, 0.15) is 25.0 Å². The number of hydrogen-bond donors (Lipinski definition) is 3. The van der Waals surface area contributed by atoms with Gasteiger partial charge in [0, 0.05) is 21.6 Å². The van der Waals surface area contributed by atoms with Gasteiger partial charge in [-0.15, -0.1) is 0 Å². The van der Waals surface area contributed by atoms with E-state index in [1.165, 1.54) is 0 Å². The van der Waals surface area contributed by atoms with Gasteiger partial charge in [0.1, 0.15) is 11.9 Å². The molecule has 156 valence electrons. The van der Waals surface area contributed by atoms with E-state index < -0.39 is 18.2 Å². The number of thiol groups is 1. The summed E-state index contributed by atoms with van der Waals surface area (Å²) < 4.78 is 11.9. The molecule has 0 aliphatic heterocycles. The molecule has 2 aromatic rings. The van der Waals surface area contributed by atoms with E-state index in [-0.39, 0.29) is 24.0 Å². The van der Waals surface area contributed by atoms with Crippen molar-refractivity contribution in [1.82, 2.24) is 0 Å². The fourth-order valence-electron chi connectivity index (χ4n) is 2.63. The van der Waals surface area contributed by atoms with E-state index in [4.69, 9.17) is 9.47 Å². The molecule has 0 aliphatic rings. The zero-order valence-electron chi connectivity index (χ0n) is 15.6. The number of benzene rings is 2. The monoisotopic (exact) mass is 545 g/mol. The van der Waals surface area contributed by atoms with Gasteiger partial charge in [0.2, 0.25) is 0 Å². The molecule has 9 heteroatoms. The number of carbonyl (C=O) groups is 2. The van der Waals surface area contributed by atoms with Gasteiger partial charge in [0.15, 0.2) is 0 Å². The van der Waals surface area contributed by atoms with Crippen LogP contribution in [0.3, 0.4) is 0 Å². The molecule has 0 fully saturated rings. The van der Waals surface area contributed by atoms with Gasteiger partial charge in [-0.1, -0.05) is 41.1 Å². The summed E-state index contributed by atoms with van der Waals surface area (Å²) in [6, 6.07) is 12.3. The minimum Gasteiger partial charge on any atom is -0.506 e. The molecule has 0 heterocycles. The lowest BCUT2D eigenvalue weighted by Gasteiger charge is -2.26. The van der Waals surface area contributed by atoms with Gasteiger partial charge in [0.05, 0.1) is 16.8 Å². The maximum atomic E-state index is 12.5. The summed E-state index contributed by atoms with van der Waals surface area (Å²) in [6.07, 6.45) is -1.01. The standard InChI is InChI=1S/C20H21Br2NO5S/c1-12(7-8-27-17(24)11-29)19(15-9-13(21)10-16(22)18(15)25)28-20(26)23-14-5-3-2-4-6-14/h2-6,9-10,12,19,25,29H,7-8,11H2,1H3,(H,23,26)/t12-,19+/m0/s1. The second-order valence-electron chi connectivity index (χ2n) is 6.29. The van der Waals surface area contributed by atoms with Gasteiger partial charge in [-0.25, -0.2) is 4.79 Å². The third kappa shape index (κ3) is 7.24. The van der Waals surface area contributed by atoms with Crippen LogP contribution in [-0.4, -0.2) is 29.5 Å². The molecule has 0 saturated carbocycles. The van der Waals surface area contributed by atoms with E-state index in [9.17, 15) is 14.7 Å². The largest absolute Gasteiger partial charge is 0.506 e. The third-order valence-corrected chi connectivity index (χ3v) is 5.42. The average molecular weight is 547 g/mol. The molecule has 1 amide bonds. The molecule has 0 bridgehead atoms. The summed E-state index contributed by atoms with van der Waals surface area (Å²) >= 11 is 10.6. The Morgan fingerprint density at radius 2 is 1.90 bits per heavy atom. The Labute approximate surface area is 191 Å².